The summed E-state index contributed by atoms with van der Waals surface area (Å²) in [6.07, 6.45) is 4.03. The number of pyridine rings is 1. The van der Waals surface area contributed by atoms with Gasteiger partial charge < -0.3 is 4.42 Å². The second-order valence-electron chi connectivity index (χ2n) is 5.21. The second kappa shape index (κ2) is 4.82. The highest BCUT2D eigenvalue weighted by molar-refractivity contribution is 7.98. The molecule has 0 spiro atoms. The summed E-state index contributed by atoms with van der Waals surface area (Å²) in [4.78, 5) is 19.6. The maximum atomic E-state index is 11.1. The van der Waals surface area contributed by atoms with E-state index in [1.165, 1.54) is 23.9 Å². The first-order chi connectivity index (χ1) is 10.6. The van der Waals surface area contributed by atoms with Gasteiger partial charge in [-0.05, 0) is 19.1 Å². The molecule has 1 aliphatic carbocycles. The van der Waals surface area contributed by atoms with Crippen molar-refractivity contribution in [2.45, 2.75) is 23.8 Å². The van der Waals surface area contributed by atoms with Crippen LogP contribution in [0.25, 0.3) is 22.0 Å². The highest BCUT2D eigenvalue weighted by Crippen LogP contribution is 2.43. The maximum absolute atomic E-state index is 11.1. The first kappa shape index (κ1) is 13.8. The van der Waals surface area contributed by atoms with Crippen molar-refractivity contribution in [2.75, 3.05) is 6.26 Å². The SMILES string of the molecule is CSc1nc2c(Cl)cc([N+](=O)[O-])cc2c2oc(C3CC3)nc12. The van der Waals surface area contributed by atoms with E-state index in [2.05, 4.69) is 9.97 Å². The topological polar surface area (TPSA) is 82.1 Å². The normalized spacial score (nSPS) is 14.8. The number of nitro groups is 1. The molecular weight excluding hydrogens is 326 g/mol. The largest absolute Gasteiger partial charge is 0.440 e. The summed E-state index contributed by atoms with van der Waals surface area (Å²) in [5.74, 6) is 1.04. The van der Waals surface area contributed by atoms with Crippen molar-refractivity contribution in [3.05, 3.63) is 33.2 Å². The van der Waals surface area contributed by atoms with Gasteiger partial charge in [-0.25, -0.2) is 9.97 Å². The molecule has 0 atom stereocenters. The standard InChI is InChI=1S/C14H10ClN3O3S/c1-22-14-11-12(21-13(16-11)6-2-3-6)8-4-7(18(19)20)5-9(15)10(8)17-14/h4-6H,2-3H2,1H3. The fourth-order valence-electron chi connectivity index (χ4n) is 2.44. The average molecular weight is 336 g/mol. The number of benzene rings is 1. The van der Waals surface area contributed by atoms with E-state index >= 15 is 0 Å². The van der Waals surface area contributed by atoms with Crippen LogP contribution in [0.3, 0.4) is 0 Å². The van der Waals surface area contributed by atoms with Gasteiger partial charge in [-0.2, -0.15) is 0 Å². The number of rotatable bonds is 3. The molecule has 2 aromatic heterocycles. The molecule has 0 radical (unpaired) electrons. The first-order valence-electron chi connectivity index (χ1n) is 6.70. The summed E-state index contributed by atoms with van der Waals surface area (Å²) in [5.41, 5.74) is 1.60. The van der Waals surface area contributed by atoms with E-state index in [9.17, 15) is 10.1 Å². The van der Waals surface area contributed by atoms with E-state index < -0.39 is 4.92 Å². The molecule has 0 unspecified atom stereocenters. The molecule has 112 valence electrons. The fourth-order valence-corrected chi connectivity index (χ4v) is 3.21. The van der Waals surface area contributed by atoms with Gasteiger partial charge in [0.1, 0.15) is 10.5 Å². The Morgan fingerprint density at radius 1 is 1.36 bits per heavy atom. The van der Waals surface area contributed by atoms with Gasteiger partial charge in [0, 0.05) is 18.1 Å². The quantitative estimate of drug-likeness (QED) is 0.397. The van der Waals surface area contributed by atoms with Crippen LogP contribution in [0.1, 0.15) is 24.7 Å². The third-order valence-corrected chi connectivity index (χ3v) is 4.64. The number of fused-ring (bicyclic) bond motifs is 3. The Bertz CT molecular complexity index is 936. The molecule has 22 heavy (non-hydrogen) atoms. The predicted octanol–water partition coefficient (Wildman–Crippen LogP) is 4.54. The van der Waals surface area contributed by atoms with Crippen LogP contribution in [0.15, 0.2) is 21.6 Å². The summed E-state index contributed by atoms with van der Waals surface area (Å²) in [6, 6.07) is 2.76. The van der Waals surface area contributed by atoms with E-state index in [-0.39, 0.29) is 10.7 Å². The minimum Gasteiger partial charge on any atom is -0.440 e. The van der Waals surface area contributed by atoms with E-state index in [4.69, 9.17) is 16.0 Å². The van der Waals surface area contributed by atoms with E-state index in [1.54, 1.807) is 0 Å². The molecule has 1 saturated carbocycles. The number of hydrogen-bond acceptors (Lipinski definition) is 6. The molecule has 1 fully saturated rings. The Labute approximate surface area is 134 Å². The summed E-state index contributed by atoms with van der Waals surface area (Å²) in [7, 11) is 0. The Morgan fingerprint density at radius 2 is 2.14 bits per heavy atom. The third-order valence-electron chi connectivity index (χ3n) is 3.68. The number of hydrogen-bond donors (Lipinski definition) is 0. The Hall–Kier alpha value is -1.86. The van der Waals surface area contributed by atoms with Crippen molar-refractivity contribution in [2.24, 2.45) is 0 Å². The van der Waals surface area contributed by atoms with Crippen LogP contribution < -0.4 is 0 Å². The molecule has 0 saturated heterocycles. The van der Waals surface area contributed by atoms with Crippen LogP contribution in [0.5, 0.6) is 0 Å². The second-order valence-corrected chi connectivity index (χ2v) is 6.41. The Balaban J connectivity index is 2.12. The van der Waals surface area contributed by atoms with Crippen LogP contribution in [-0.2, 0) is 0 Å². The zero-order valence-electron chi connectivity index (χ0n) is 11.5. The highest BCUT2D eigenvalue weighted by Gasteiger charge is 2.30. The van der Waals surface area contributed by atoms with E-state index in [0.717, 1.165) is 12.8 Å². The lowest BCUT2D eigenvalue weighted by Gasteiger charge is -2.03. The fraction of sp³-hybridized carbons (Fsp3) is 0.286. The van der Waals surface area contributed by atoms with Gasteiger partial charge >= 0.3 is 0 Å². The van der Waals surface area contributed by atoms with Crippen molar-refractivity contribution in [3.63, 3.8) is 0 Å². The molecule has 0 N–H and O–H groups in total. The molecule has 3 aromatic rings. The molecule has 1 aromatic carbocycles. The summed E-state index contributed by atoms with van der Waals surface area (Å²) in [6.45, 7) is 0. The van der Waals surface area contributed by atoms with Crippen LogP contribution in [0, 0.1) is 10.1 Å². The van der Waals surface area contributed by atoms with Crippen molar-refractivity contribution < 1.29 is 9.34 Å². The zero-order chi connectivity index (χ0) is 15.4. The van der Waals surface area contributed by atoms with Gasteiger partial charge in [-0.3, -0.25) is 10.1 Å². The van der Waals surface area contributed by atoms with Crippen LogP contribution in [-0.4, -0.2) is 21.1 Å². The minimum absolute atomic E-state index is 0.0816. The minimum atomic E-state index is -0.474. The lowest BCUT2D eigenvalue weighted by molar-refractivity contribution is -0.384. The molecule has 8 heteroatoms. The highest BCUT2D eigenvalue weighted by atomic mass is 35.5. The van der Waals surface area contributed by atoms with Crippen molar-refractivity contribution in [3.8, 4) is 0 Å². The van der Waals surface area contributed by atoms with Gasteiger partial charge in [0.15, 0.2) is 11.5 Å². The summed E-state index contributed by atoms with van der Waals surface area (Å²) in [5, 5.41) is 12.5. The number of non-ortho nitro benzene ring substituents is 1. The van der Waals surface area contributed by atoms with Crippen LogP contribution in [0.2, 0.25) is 5.02 Å². The van der Waals surface area contributed by atoms with Gasteiger partial charge in [0.25, 0.3) is 5.69 Å². The molecule has 6 nitrogen and oxygen atoms in total. The van der Waals surface area contributed by atoms with Gasteiger partial charge in [-0.15, -0.1) is 11.8 Å². The number of nitro benzene ring substituents is 1. The van der Waals surface area contributed by atoms with E-state index in [0.29, 0.717) is 38.8 Å². The van der Waals surface area contributed by atoms with Crippen molar-refractivity contribution in [1.82, 2.24) is 9.97 Å². The van der Waals surface area contributed by atoms with Gasteiger partial charge in [0.2, 0.25) is 0 Å². The Morgan fingerprint density at radius 3 is 2.77 bits per heavy atom. The predicted molar refractivity (Wildman–Crippen MR) is 84.7 cm³/mol. The molecule has 0 amide bonds. The van der Waals surface area contributed by atoms with Gasteiger partial charge in [0.05, 0.1) is 20.8 Å². The molecule has 0 aliphatic heterocycles. The number of halogens is 1. The smallest absolute Gasteiger partial charge is 0.271 e. The van der Waals surface area contributed by atoms with Crippen molar-refractivity contribution in [1.29, 1.82) is 0 Å². The summed E-state index contributed by atoms with van der Waals surface area (Å²) >= 11 is 7.63. The maximum Gasteiger partial charge on any atom is 0.271 e. The van der Waals surface area contributed by atoms with Crippen molar-refractivity contribution >= 4 is 51.1 Å². The van der Waals surface area contributed by atoms with Gasteiger partial charge in [-0.1, -0.05) is 11.6 Å². The lowest BCUT2D eigenvalue weighted by atomic mass is 10.2. The zero-order valence-corrected chi connectivity index (χ0v) is 13.1. The number of thioether (sulfide) groups is 1. The number of aromatic nitrogens is 2. The molecule has 2 heterocycles. The molecular formula is C14H10ClN3O3S. The third kappa shape index (κ3) is 2.04. The summed E-state index contributed by atoms with van der Waals surface area (Å²) < 4.78 is 5.89. The number of oxazole rings is 1. The van der Waals surface area contributed by atoms with Crippen LogP contribution in [0.4, 0.5) is 5.69 Å². The molecule has 0 bridgehead atoms. The Kier molecular flexibility index (Phi) is 3.02. The number of nitrogens with zero attached hydrogens (tertiary/aromatic N) is 3. The first-order valence-corrected chi connectivity index (χ1v) is 8.31. The van der Waals surface area contributed by atoms with Crippen LogP contribution >= 0.6 is 23.4 Å². The average Bonchev–Trinajstić information content (AvgIpc) is 3.25. The molecule has 1 aliphatic rings. The molecule has 4 rings (SSSR count). The van der Waals surface area contributed by atoms with E-state index in [1.807, 2.05) is 6.26 Å². The monoisotopic (exact) mass is 335 g/mol. The lowest BCUT2D eigenvalue weighted by Crippen LogP contribution is -1.91.